The SMILES string of the molecule is CC(C)(C)OC(=O)N[C@H](CC1CCCCC1)C(=O)N1CCC[C@H]1C(=O)OCc1ccccc1. The largest absolute Gasteiger partial charge is 0.459 e. The zero-order chi connectivity index (χ0) is 23.8. The van der Waals surface area contributed by atoms with Gasteiger partial charge in [-0.3, -0.25) is 4.79 Å². The highest BCUT2D eigenvalue weighted by Crippen LogP contribution is 2.29. The zero-order valence-electron chi connectivity index (χ0n) is 20.2. The fourth-order valence-electron chi connectivity index (χ4n) is 4.73. The number of hydrogen-bond donors (Lipinski definition) is 1. The van der Waals surface area contributed by atoms with Gasteiger partial charge < -0.3 is 19.7 Å². The first-order chi connectivity index (χ1) is 15.7. The van der Waals surface area contributed by atoms with Gasteiger partial charge in [0.1, 0.15) is 24.3 Å². The van der Waals surface area contributed by atoms with Crippen LogP contribution in [-0.4, -0.2) is 47.1 Å². The van der Waals surface area contributed by atoms with Gasteiger partial charge in [-0.15, -0.1) is 0 Å². The first kappa shape index (κ1) is 25.1. The third-order valence-electron chi connectivity index (χ3n) is 6.31. The molecule has 1 saturated carbocycles. The number of ether oxygens (including phenoxy) is 2. The molecule has 0 spiro atoms. The van der Waals surface area contributed by atoms with Crippen LogP contribution in [0.25, 0.3) is 0 Å². The molecule has 0 bridgehead atoms. The van der Waals surface area contributed by atoms with Crippen molar-refractivity contribution in [2.75, 3.05) is 6.54 Å². The topological polar surface area (TPSA) is 84.9 Å². The maximum atomic E-state index is 13.6. The average molecular weight is 459 g/mol. The van der Waals surface area contributed by atoms with E-state index >= 15 is 0 Å². The molecule has 2 fully saturated rings. The standard InChI is InChI=1S/C26H38N2O5/c1-26(2,3)33-25(31)27-21(17-19-11-6-4-7-12-19)23(29)28-16-10-15-22(28)24(30)32-18-20-13-8-5-9-14-20/h5,8-9,13-14,19,21-22H,4,6-7,10-12,15-18H2,1-3H3,(H,27,31)/t21-,22+/m1/s1. The van der Waals surface area contributed by atoms with E-state index in [-0.39, 0.29) is 12.5 Å². The van der Waals surface area contributed by atoms with Crippen LogP contribution in [0.15, 0.2) is 30.3 Å². The molecular formula is C26H38N2O5. The van der Waals surface area contributed by atoms with Gasteiger partial charge in [0.15, 0.2) is 0 Å². The molecule has 7 nitrogen and oxygen atoms in total. The van der Waals surface area contributed by atoms with E-state index in [1.165, 1.54) is 6.42 Å². The van der Waals surface area contributed by atoms with E-state index < -0.39 is 29.7 Å². The second kappa shape index (κ2) is 11.5. The fraction of sp³-hybridized carbons (Fsp3) is 0.654. The second-order valence-electron chi connectivity index (χ2n) is 10.2. The normalized spacial score (nSPS) is 20.2. The van der Waals surface area contributed by atoms with Crippen LogP contribution in [-0.2, 0) is 25.7 Å². The Morgan fingerprint density at radius 3 is 2.39 bits per heavy atom. The minimum atomic E-state index is -0.703. The van der Waals surface area contributed by atoms with E-state index in [1.54, 1.807) is 25.7 Å². The van der Waals surface area contributed by atoms with Crippen LogP contribution < -0.4 is 5.32 Å². The smallest absolute Gasteiger partial charge is 0.408 e. The molecule has 33 heavy (non-hydrogen) atoms. The molecule has 7 heteroatoms. The quantitative estimate of drug-likeness (QED) is 0.605. The van der Waals surface area contributed by atoms with Gasteiger partial charge in [0.25, 0.3) is 0 Å². The van der Waals surface area contributed by atoms with Crippen LogP contribution in [0.2, 0.25) is 0 Å². The molecule has 1 aliphatic carbocycles. The molecule has 1 saturated heterocycles. The molecule has 2 atom stereocenters. The lowest BCUT2D eigenvalue weighted by atomic mass is 9.84. The van der Waals surface area contributed by atoms with E-state index in [9.17, 15) is 14.4 Å². The van der Waals surface area contributed by atoms with Crippen molar-refractivity contribution in [1.29, 1.82) is 0 Å². The van der Waals surface area contributed by atoms with Crippen LogP contribution in [0.3, 0.4) is 0 Å². The highest BCUT2D eigenvalue weighted by Gasteiger charge is 2.39. The van der Waals surface area contributed by atoms with Crippen LogP contribution in [0.1, 0.15) is 77.7 Å². The Labute approximate surface area is 197 Å². The van der Waals surface area contributed by atoms with Crippen molar-refractivity contribution in [2.24, 2.45) is 5.92 Å². The molecular weight excluding hydrogens is 420 g/mol. The second-order valence-corrected chi connectivity index (χ2v) is 10.2. The predicted molar refractivity (Wildman–Crippen MR) is 125 cm³/mol. The molecule has 1 heterocycles. The summed E-state index contributed by atoms with van der Waals surface area (Å²) in [6, 6.07) is 8.18. The van der Waals surface area contributed by atoms with Gasteiger partial charge in [-0.2, -0.15) is 0 Å². The average Bonchev–Trinajstić information content (AvgIpc) is 3.27. The van der Waals surface area contributed by atoms with E-state index in [4.69, 9.17) is 9.47 Å². The van der Waals surface area contributed by atoms with Gasteiger partial charge in [0.2, 0.25) is 5.91 Å². The maximum Gasteiger partial charge on any atom is 0.408 e. The number of nitrogens with zero attached hydrogens (tertiary/aromatic N) is 1. The number of nitrogens with one attached hydrogen (secondary N) is 1. The molecule has 2 amide bonds. The van der Waals surface area contributed by atoms with E-state index in [0.29, 0.717) is 25.3 Å². The molecule has 0 aromatic heterocycles. The van der Waals surface area contributed by atoms with Crippen LogP contribution in [0.4, 0.5) is 4.79 Å². The van der Waals surface area contributed by atoms with Crippen molar-refractivity contribution in [1.82, 2.24) is 10.2 Å². The molecule has 1 N–H and O–H groups in total. The minimum Gasteiger partial charge on any atom is -0.459 e. The van der Waals surface area contributed by atoms with Gasteiger partial charge in [-0.1, -0.05) is 62.4 Å². The van der Waals surface area contributed by atoms with Crippen molar-refractivity contribution >= 4 is 18.0 Å². The number of carbonyl (C=O) groups excluding carboxylic acids is 3. The molecule has 2 aliphatic rings. The number of carbonyl (C=O) groups is 3. The van der Waals surface area contributed by atoms with Crippen LogP contribution in [0, 0.1) is 5.92 Å². The van der Waals surface area contributed by atoms with E-state index in [1.807, 2.05) is 30.3 Å². The number of likely N-dealkylation sites (tertiary alicyclic amines) is 1. The first-order valence-corrected chi connectivity index (χ1v) is 12.2. The predicted octanol–water partition coefficient (Wildman–Crippen LogP) is 4.58. The lowest BCUT2D eigenvalue weighted by Gasteiger charge is -2.32. The van der Waals surface area contributed by atoms with E-state index in [2.05, 4.69) is 5.32 Å². The van der Waals surface area contributed by atoms with Gasteiger partial charge in [0.05, 0.1) is 0 Å². The van der Waals surface area contributed by atoms with Gasteiger partial charge in [-0.05, 0) is 51.5 Å². The Hall–Kier alpha value is -2.57. The summed E-state index contributed by atoms with van der Waals surface area (Å²) in [5.74, 6) is -0.224. The summed E-state index contributed by atoms with van der Waals surface area (Å²) in [6.45, 7) is 6.05. The van der Waals surface area contributed by atoms with Gasteiger partial charge >= 0.3 is 12.1 Å². The Bertz CT molecular complexity index is 799. The molecule has 0 radical (unpaired) electrons. The van der Waals surface area contributed by atoms with Crippen molar-refractivity contribution < 1.29 is 23.9 Å². The van der Waals surface area contributed by atoms with Crippen molar-refractivity contribution in [3.63, 3.8) is 0 Å². The lowest BCUT2D eigenvalue weighted by molar-refractivity contribution is -0.155. The number of benzene rings is 1. The van der Waals surface area contributed by atoms with Crippen molar-refractivity contribution in [2.45, 2.75) is 96.4 Å². The summed E-state index contributed by atoms with van der Waals surface area (Å²) in [5.41, 5.74) is 0.253. The minimum absolute atomic E-state index is 0.180. The summed E-state index contributed by atoms with van der Waals surface area (Å²) in [6.07, 6.45) is 6.91. The first-order valence-electron chi connectivity index (χ1n) is 12.2. The summed E-state index contributed by atoms with van der Waals surface area (Å²) in [4.78, 5) is 40.5. The molecule has 1 aliphatic heterocycles. The van der Waals surface area contributed by atoms with Gasteiger partial charge in [0, 0.05) is 6.54 Å². The number of esters is 1. The Morgan fingerprint density at radius 2 is 1.73 bits per heavy atom. The highest BCUT2D eigenvalue weighted by atomic mass is 16.6. The molecule has 1 aromatic carbocycles. The Morgan fingerprint density at radius 1 is 1.03 bits per heavy atom. The Kier molecular flexibility index (Phi) is 8.75. The molecule has 3 rings (SSSR count). The van der Waals surface area contributed by atoms with Crippen molar-refractivity contribution in [3.8, 4) is 0 Å². The maximum absolute atomic E-state index is 13.6. The van der Waals surface area contributed by atoms with Crippen LogP contribution >= 0.6 is 0 Å². The molecule has 0 unspecified atom stereocenters. The highest BCUT2D eigenvalue weighted by molar-refractivity contribution is 5.90. The molecule has 182 valence electrons. The summed E-state index contributed by atoms with van der Waals surface area (Å²) >= 11 is 0. The monoisotopic (exact) mass is 458 g/mol. The lowest BCUT2D eigenvalue weighted by Crippen LogP contribution is -2.53. The molecule has 1 aromatic rings. The Balaban J connectivity index is 1.66. The summed E-state index contributed by atoms with van der Waals surface area (Å²) < 4.78 is 10.9. The summed E-state index contributed by atoms with van der Waals surface area (Å²) in [5, 5.41) is 2.81. The van der Waals surface area contributed by atoms with Crippen LogP contribution in [0.5, 0.6) is 0 Å². The van der Waals surface area contributed by atoms with Gasteiger partial charge in [-0.25, -0.2) is 9.59 Å². The number of hydrogen-bond acceptors (Lipinski definition) is 5. The fourth-order valence-corrected chi connectivity index (χ4v) is 4.73. The zero-order valence-corrected chi connectivity index (χ0v) is 20.2. The number of rotatable bonds is 7. The summed E-state index contributed by atoms with van der Waals surface area (Å²) in [7, 11) is 0. The van der Waals surface area contributed by atoms with E-state index in [0.717, 1.165) is 37.7 Å². The third kappa shape index (κ3) is 7.76. The number of amides is 2. The van der Waals surface area contributed by atoms with Crippen molar-refractivity contribution in [3.05, 3.63) is 35.9 Å². The number of alkyl carbamates (subject to hydrolysis) is 1. The third-order valence-corrected chi connectivity index (χ3v) is 6.31.